The maximum absolute atomic E-state index is 12.1. The number of primary amides is 1. The lowest BCUT2D eigenvalue weighted by Crippen LogP contribution is -2.30. The van der Waals surface area contributed by atoms with Crippen LogP contribution in [0.25, 0.3) is 0 Å². The Bertz CT molecular complexity index is 759. The molecular weight excluding hydrogens is 336 g/mol. The third-order valence-corrected chi connectivity index (χ3v) is 3.49. The van der Waals surface area contributed by atoms with Gasteiger partial charge in [-0.2, -0.15) is 0 Å². The van der Waals surface area contributed by atoms with Crippen molar-refractivity contribution >= 4 is 17.8 Å². The predicted molar refractivity (Wildman–Crippen MR) is 94.3 cm³/mol. The van der Waals surface area contributed by atoms with E-state index >= 15 is 0 Å². The maximum atomic E-state index is 12.1. The van der Waals surface area contributed by atoms with Gasteiger partial charge >= 0.3 is 5.97 Å². The number of carbonyl (C=O) groups excluding carboxylic acids is 3. The Kier molecular flexibility index (Phi) is 6.73. The maximum Gasteiger partial charge on any atom is 0.338 e. The average molecular weight is 356 g/mol. The summed E-state index contributed by atoms with van der Waals surface area (Å²) in [5.74, 6) is -1.11. The Morgan fingerprint density at radius 2 is 1.62 bits per heavy atom. The Balaban J connectivity index is 1.81. The number of likely N-dealkylation sites (N-methyl/N-ethyl adjacent to an activating group) is 1. The van der Waals surface area contributed by atoms with Gasteiger partial charge in [-0.1, -0.05) is 30.3 Å². The molecule has 2 N–H and O–H groups in total. The molecule has 0 aliphatic rings. The molecule has 0 saturated heterocycles. The van der Waals surface area contributed by atoms with Crippen LogP contribution in [0.3, 0.4) is 0 Å². The second-order valence-corrected chi connectivity index (χ2v) is 5.59. The van der Waals surface area contributed by atoms with E-state index in [1.54, 1.807) is 7.05 Å². The largest absolute Gasteiger partial charge is 0.484 e. The lowest BCUT2D eigenvalue weighted by Gasteiger charge is -2.17. The zero-order chi connectivity index (χ0) is 18.9. The lowest BCUT2D eigenvalue weighted by molar-refractivity contribution is -0.133. The van der Waals surface area contributed by atoms with Gasteiger partial charge in [-0.25, -0.2) is 4.79 Å². The van der Waals surface area contributed by atoms with E-state index in [1.807, 2.05) is 30.3 Å². The van der Waals surface area contributed by atoms with Crippen molar-refractivity contribution < 1.29 is 23.9 Å². The summed E-state index contributed by atoms with van der Waals surface area (Å²) in [6.07, 6.45) is 0. The highest BCUT2D eigenvalue weighted by atomic mass is 16.5. The summed E-state index contributed by atoms with van der Waals surface area (Å²) < 4.78 is 10.1. The number of benzene rings is 2. The van der Waals surface area contributed by atoms with Gasteiger partial charge in [-0.15, -0.1) is 0 Å². The van der Waals surface area contributed by atoms with Crippen LogP contribution in [0.5, 0.6) is 5.75 Å². The molecule has 2 aromatic rings. The first-order valence-electron chi connectivity index (χ1n) is 7.92. The predicted octanol–water partition coefficient (Wildman–Crippen LogP) is 1.37. The molecule has 0 bridgehead atoms. The van der Waals surface area contributed by atoms with Gasteiger partial charge in [0.15, 0.2) is 13.2 Å². The van der Waals surface area contributed by atoms with Crippen LogP contribution in [-0.4, -0.2) is 42.9 Å². The van der Waals surface area contributed by atoms with Gasteiger partial charge in [0, 0.05) is 13.6 Å². The molecule has 0 spiro atoms. The molecule has 7 nitrogen and oxygen atoms in total. The van der Waals surface area contributed by atoms with Crippen LogP contribution in [0.4, 0.5) is 0 Å². The zero-order valence-corrected chi connectivity index (χ0v) is 14.4. The zero-order valence-electron chi connectivity index (χ0n) is 14.4. The fraction of sp³-hybridized carbons (Fsp3) is 0.211. The summed E-state index contributed by atoms with van der Waals surface area (Å²) in [6.45, 7) is -0.155. The third-order valence-electron chi connectivity index (χ3n) is 3.49. The van der Waals surface area contributed by atoms with Gasteiger partial charge in [-0.3, -0.25) is 9.59 Å². The Labute approximate surface area is 151 Å². The van der Waals surface area contributed by atoms with Crippen LogP contribution in [-0.2, 0) is 20.9 Å². The van der Waals surface area contributed by atoms with Gasteiger partial charge in [0.25, 0.3) is 11.8 Å². The topological polar surface area (TPSA) is 98.9 Å². The van der Waals surface area contributed by atoms with E-state index in [9.17, 15) is 14.4 Å². The molecule has 2 aromatic carbocycles. The van der Waals surface area contributed by atoms with Gasteiger partial charge in [0.05, 0.1) is 5.56 Å². The van der Waals surface area contributed by atoms with E-state index in [0.29, 0.717) is 12.3 Å². The minimum Gasteiger partial charge on any atom is -0.484 e. The third kappa shape index (κ3) is 5.94. The Hall–Kier alpha value is -3.35. The van der Waals surface area contributed by atoms with Crippen molar-refractivity contribution in [3.8, 4) is 5.75 Å². The van der Waals surface area contributed by atoms with Crippen molar-refractivity contribution in [1.82, 2.24) is 4.90 Å². The minimum absolute atomic E-state index is 0.244. The first-order chi connectivity index (χ1) is 12.5. The van der Waals surface area contributed by atoms with E-state index in [1.165, 1.54) is 29.2 Å². The second-order valence-electron chi connectivity index (χ2n) is 5.59. The number of hydrogen-bond acceptors (Lipinski definition) is 5. The number of nitrogens with zero attached hydrogens (tertiary/aromatic N) is 1. The standard InChI is InChI=1S/C19H20N2O5/c1-21(11-14-5-3-2-4-6-14)18(23)13-26-19(24)15-7-9-16(10-8-15)25-12-17(20)22/h2-10H,11-13H2,1H3,(H2,20,22). The van der Waals surface area contributed by atoms with Crippen LogP contribution >= 0.6 is 0 Å². The highest BCUT2D eigenvalue weighted by molar-refractivity contribution is 5.91. The number of carbonyl (C=O) groups is 3. The fourth-order valence-electron chi connectivity index (χ4n) is 2.11. The number of amides is 2. The molecule has 7 heteroatoms. The van der Waals surface area contributed by atoms with Crippen molar-refractivity contribution in [3.63, 3.8) is 0 Å². The van der Waals surface area contributed by atoms with E-state index in [-0.39, 0.29) is 24.7 Å². The molecule has 0 fully saturated rings. The molecule has 0 radical (unpaired) electrons. The monoisotopic (exact) mass is 356 g/mol. The van der Waals surface area contributed by atoms with Crippen LogP contribution in [0.2, 0.25) is 0 Å². The van der Waals surface area contributed by atoms with Gasteiger partial charge < -0.3 is 20.1 Å². The van der Waals surface area contributed by atoms with E-state index in [4.69, 9.17) is 15.2 Å². The van der Waals surface area contributed by atoms with Crippen LogP contribution in [0.1, 0.15) is 15.9 Å². The number of nitrogens with two attached hydrogens (primary N) is 1. The van der Waals surface area contributed by atoms with Gasteiger partial charge in [-0.05, 0) is 29.8 Å². The Morgan fingerprint density at radius 3 is 2.23 bits per heavy atom. The molecule has 0 atom stereocenters. The van der Waals surface area contributed by atoms with Crippen molar-refractivity contribution in [2.75, 3.05) is 20.3 Å². The first-order valence-corrected chi connectivity index (χ1v) is 7.92. The highest BCUT2D eigenvalue weighted by Crippen LogP contribution is 2.13. The second kappa shape index (κ2) is 9.22. The average Bonchev–Trinajstić information content (AvgIpc) is 2.65. The van der Waals surface area contributed by atoms with Crippen LogP contribution in [0.15, 0.2) is 54.6 Å². The summed E-state index contributed by atoms with van der Waals surface area (Å²) in [5.41, 5.74) is 6.25. The van der Waals surface area contributed by atoms with Gasteiger partial charge in [0.2, 0.25) is 0 Å². The molecule has 2 rings (SSSR count). The van der Waals surface area contributed by atoms with Crippen molar-refractivity contribution in [1.29, 1.82) is 0 Å². The number of hydrogen-bond donors (Lipinski definition) is 1. The molecule has 0 aromatic heterocycles. The molecule has 0 aliphatic heterocycles. The highest BCUT2D eigenvalue weighted by Gasteiger charge is 2.14. The van der Waals surface area contributed by atoms with Gasteiger partial charge in [0.1, 0.15) is 5.75 Å². The fourth-order valence-corrected chi connectivity index (χ4v) is 2.11. The SMILES string of the molecule is CN(Cc1ccccc1)C(=O)COC(=O)c1ccc(OCC(N)=O)cc1. The van der Waals surface area contributed by atoms with Crippen molar-refractivity contribution in [2.24, 2.45) is 5.73 Å². The summed E-state index contributed by atoms with van der Waals surface area (Å²) in [6, 6.07) is 15.5. The molecule has 0 aliphatic carbocycles. The van der Waals surface area contributed by atoms with E-state index in [0.717, 1.165) is 5.56 Å². The number of esters is 1. The first kappa shape index (κ1) is 19.0. The molecule has 0 unspecified atom stereocenters. The molecule has 26 heavy (non-hydrogen) atoms. The molecule has 0 heterocycles. The summed E-state index contributed by atoms with van der Waals surface area (Å²) >= 11 is 0. The summed E-state index contributed by atoms with van der Waals surface area (Å²) in [4.78, 5) is 36.2. The summed E-state index contributed by atoms with van der Waals surface area (Å²) in [5, 5.41) is 0. The number of ether oxygens (including phenoxy) is 2. The normalized spacial score (nSPS) is 10.0. The molecular formula is C19H20N2O5. The lowest BCUT2D eigenvalue weighted by atomic mass is 10.2. The number of rotatable bonds is 8. The van der Waals surface area contributed by atoms with E-state index in [2.05, 4.69) is 0 Å². The van der Waals surface area contributed by atoms with Crippen LogP contribution < -0.4 is 10.5 Å². The minimum atomic E-state index is -0.618. The Morgan fingerprint density at radius 1 is 0.962 bits per heavy atom. The molecule has 0 saturated carbocycles. The van der Waals surface area contributed by atoms with Crippen LogP contribution in [0, 0.1) is 0 Å². The van der Waals surface area contributed by atoms with Crippen molar-refractivity contribution in [3.05, 3.63) is 65.7 Å². The van der Waals surface area contributed by atoms with E-state index < -0.39 is 11.9 Å². The summed E-state index contributed by atoms with van der Waals surface area (Å²) in [7, 11) is 1.65. The quantitative estimate of drug-likeness (QED) is 0.720. The van der Waals surface area contributed by atoms with Crippen molar-refractivity contribution in [2.45, 2.75) is 6.54 Å². The smallest absolute Gasteiger partial charge is 0.338 e. The molecule has 136 valence electrons. The molecule has 2 amide bonds.